The molecule has 0 aliphatic carbocycles. The van der Waals surface area contributed by atoms with Crippen LogP contribution in [0.2, 0.25) is 0 Å². The van der Waals surface area contributed by atoms with Crippen LogP contribution < -0.4 is 11.0 Å². The fraction of sp³-hybridized carbons (Fsp3) is 0.533. The number of hydrogen-bond acceptors (Lipinski definition) is 4. The van der Waals surface area contributed by atoms with E-state index in [0.717, 1.165) is 18.4 Å². The summed E-state index contributed by atoms with van der Waals surface area (Å²) in [6.45, 7) is 1.19. The Bertz CT molecular complexity index is 903. The fourth-order valence-corrected chi connectivity index (χ4v) is 5.06. The van der Waals surface area contributed by atoms with Gasteiger partial charge in [0.15, 0.2) is 0 Å². The molecule has 0 bridgehead atoms. The molecule has 1 aromatic heterocycles. The van der Waals surface area contributed by atoms with Gasteiger partial charge in [-0.2, -0.15) is 4.31 Å². The number of halogens is 1. The van der Waals surface area contributed by atoms with Crippen LogP contribution in [0.25, 0.3) is 11.0 Å². The van der Waals surface area contributed by atoms with Crippen LogP contribution in [-0.4, -0.2) is 48.0 Å². The van der Waals surface area contributed by atoms with E-state index in [1.165, 1.54) is 9.13 Å². The van der Waals surface area contributed by atoms with Gasteiger partial charge in [-0.15, -0.1) is 12.4 Å². The highest BCUT2D eigenvalue weighted by atomic mass is 35.5. The van der Waals surface area contributed by atoms with E-state index in [2.05, 4.69) is 5.32 Å². The van der Waals surface area contributed by atoms with E-state index in [9.17, 15) is 13.2 Å². The Morgan fingerprint density at radius 2 is 1.88 bits per heavy atom. The lowest BCUT2D eigenvalue weighted by Gasteiger charge is -2.24. The van der Waals surface area contributed by atoms with Crippen LogP contribution in [0, 0.1) is 0 Å². The monoisotopic (exact) mass is 374 g/mol. The van der Waals surface area contributed by atoms with E-state index in [1.807, 2.05) is 7.05 Å². The van der Waals surface area contributed by atoms with Gasteiger partial charge in [-0.3, -0.25) is 9.13 Å². The number of nitrogens with zero attached hydrogens (tertiary/aromatic N) is 3. The number of likely N-dealkylation sites (N-methyl/N-ethyl adjacent to an activating group) is 1. The van der Waals surface area contributed by atoms with Crippen LogP contribution in [0.1, 0.15) is 12.8 Å². The molecular weight excluding hydrogens is 352 g/mol. The molecule has 24 heavy (non-hydrogen) atoms. The van der Waals surface area contributed by atoms with Gasteiger partial charge in [0.1, 0.15) is 0 Å². The predicted octanol–water partition coefficient (Wildman–Crippen LogP) is 0.671. The molecule has 9 heteroatoms. The lowest BCUT2D eigenvalue weighted by Crippen LogP contribution is -2.40. The van der Waals surface area contributed by atoms with E-state index < -0.39 is 10.0 Å². The summed E-state index contributed by atoms with van der Waals surface area (Å²) in [6.07, 6.45) is 1.74. The number of rotatable bonds is 4. The van der Waals surface area contributed by atoms with Crippen molar-refractivity contribution in [3.63, 3.8) is 0 Å². The Hall–Kier alpha value is -1.35. The molecule has 0 amide bonds. The quantitative estimate of drug-likeness (QED) is 0.853. The summed E-state index contributed by atoms with van der Waals surface area (Å²) in [5.41, 5.74) is 1.19. The maximum Gasteiger partial charge on any atom is 0.328 e. The van der Waals surface area contributed by atoms with Gasteiger partial charge in [0.25, 0.3) is 0 Å². The predicted molar refractivity (Wildman–Crippen MR) is 96.2 cm³/mol. The van der Waals surface area contributed by atoms with Crippen molar-refractivity contribution in [3.05, 3.63) is 28.7 Å². The molecule has 1 N–H and O–H groups in total. The highest BCUT2D eigenvalue weighted by Crippen LogP contribution is 2.27. The summed E-state index contributed by atoms with van der Waals surface area (Å²) in [5, 5.41) is 3.06. The maximum atomic E-state index is 13.0. The van der Waals surface area contributed by atoms with Crippen molar-refractivity contribution >= 4 is 33.5 Å². The molecule has 1 aromatic carbocycles. The third-order valence-corrected chi connectivity index (χ3v) is 6.56. The Morgan fingerprint density at radius 3 is 2.54 bits per heavy atom. The van der Waals surface area contributed by atoms with Crippen LogP contribution >= 0.6 is 12.4 Å². The summed E-state index contributed by atoms with van der Waals surface area (Å²) in [5.74, 6) is 0. The second-order valence-electron chi connectivity index (χ2n) is 6.02. The molecule has 1 saturated heterocycles. The number of aryl methyl sites for hydroxylation is 2. The van der Waals surface area contributed by atoms with E-state index >= 15 is 0 Å². The fourth-order valence-electron chi connectivity index (χ4n) is 3.35. The Kier molecular flexibility index (Phi) is 5.44. The zero-order chi connectivity index (χ0) is 16.8. The average molecular weight is 375 g/mol. The largest absolute Gasteiger partial charge is 0.328 e. The molecule has 1 aliphatic heterocycles. The van der Waals surface area contributed by atoms with E-state index in [1.54, 1.807) is 36.6 Å². The minimum atomic E-state index is -3.55. The third kappa shape index (κ3) is 2.88. The van der Waals surface area contributed by atoms with Gasteiger partial charge < -0.3 is 5.32 Å². The van der Waals surface area contributed by atoms with Gasteiger partial charge in [0.05, 0.1) is 15.9 Å². The first-order chi connectivity index (χ1) is 10.9. The van der Waals surface area contributed by atoms with Crippen LogP contribution in [0.4, 0.5) is 0 Å². The van der Waals surface area contributed by atoms with Gasteiger partial charge in [-0.1, -0.05) is 0 Å². The summed E-state index contributed by atoms with van der Waals surface area (Å²) >= 11 is 0. The Balaban J connectivity index is 0.00000208. The van der Waals surface area contributed by atoms with Crippen LogP contribution in [0.5, 0.6) is 0 Å². The first-order valence-corrected chi connectivity index (χ1v) is 9.14. The number of benzene rings is 1. The molecule has 1 atom stereocenters. The van der Waals surface area contributed by atoms with Crippen LogP contribution in [0.3, 0.4) is 0 Å². The summed E-state index contributed by atoms with van der Waals surface area (Å²) in [6, 6.07) is 4.87. The second-order valence-corrected chi connectivity index (χ2v) is 7.91. The summed E-state index contributed by atoms with van der Waals surface area (Å²) in [7, 11) is 1.61. The minimum Gasteiger partial charge on any atom is -0.318 e. The molecule has 0 saturated carbocycles. The van der Waals surface area contributed by atoms with Crippen molar-refractivity contribution in [2.24, 2.45) is 14.1 Å². The number of sulfonamides is 1. The van der Waals surface area contributed by atoms with Crippen molar-refractivity contribution in [1.29, 1.82) is 0 Å². The molecule has 1 fully saturated rings. The molecule has 134 valence electrons. The molecule has 0 radical (unpaired) electrons. The van der Waals surface area contributed by atoms with Gasteiger partial charge in [0, 0.05) is 33.2 Å². The molecule has 3 rings (SSSR count). The van der Waals surface area contributed by atoms with Crippen molar-refractivity contribution in [1.82, 2.24) is 18.8 Å². The van der Waals surface area contributed by atoms with E-state index in [4.69, 9.17) is 0 Å². The minimum absolute atomic E-state index is 0. The number of hydrogen-bond donors (Lipinski definition) is 1. The third-order valence-electron chi connectivity index (χ3n) is 4.61. The SMILES string of the molecule is CNCC1CCCN1S(=O)(=O)c1ccc2c(c1)n(C)c(=O)n2C.Cl. The average Bonchev–Trinajstić information content (AvgIpc) is 3.08. The summed E-state index contributed by atoms with van der Waals surface area (Å²) < 4.78 is 30.5. The normalized spacial score (nSPS) is 18.9. The molecule has 2 heterocycles. The maximum absolute atomic E-state index is 13.0. The van der Waals surface area contributed by atoms with Gasteiger partial charge >= 0.3 is 5.69 Å². The number of aromatic nitrogens is 2. The topological polar surface area (TPSA) is 76.3 Å². The van der Waals surface area contributed by atoms with Gasteiger partial charge in [0.2, 0.25) is 10.0 Å². The lowest BCUT2D eigenvalue weighted by molar-refractivity contribution is 0.379. The first kappa shape index (κ1) is 19.0. The lowest BCUT2D eigenvalue weighted by atomic mass is 10.2. The van der Waals surface area contributed by atoms with Gasteiger partial charge in [-0.25, -0.2) is 13.2 Å². The molecule has 2 aromatic rings. The highest BCUT2D eigenvalue weighted by Gasteiger charge is 2.35. The van der Waals surface area contributed by atoms with Crippen molar-refractivity contribution in [3.8, 4) is 0 Å². The number of imidazole rings is 1. The molecule has 1 aliphatic rings. The molecule has 7 nitrogen and oxygen atoms in total. The first-order valence-electron chi connectivity index (χ1n) is 7.70. The van der Waals surface area contributed by atoms with E-state index in [-0.39, 0.29) is 29.0 Å². The second kappa shape index (κ2) is 6.87. The van der Waals surface area contributed by atoms with Crippen LogP contribution in [0.15, 0.2) is 27.9 Å². The Morgan fingerprint density at radius 1 is 1.21 bits per heavy atom. The molecule has 0 spiro atoms. The Labute approximate surface area is 147 Å². The van der Waals surface area contributed by atoms with Crippen LogP contribution in [-0.2, 0) is 24.1 Å². The van der Waals surface area contributed by atoms with Crippen molar-refractivity contribution in [2.45, 2.75) is 23.8 Å². The molecular formula is C15H23ClN4O3S. The number of nitrogens with one attached hydrogen (secondary N) is 1. The van der Waals surface area contributed by atoms with Crippen molar-refractivity contribution < 1.29 is 8.42 Å². The zero-order valence-electron chi connectivity index (χ0n) is 14.0. The number of fused-ring (bicyclic) bond motifs is 1. The summed E-state index contributed by atoms with van der Waals surface area (Å²) in [4.78, 5) is 12.2. The smallest absolute Gasteiger partial charge is 0.318 e. The standard InChI is InChI=1S/C15H22N4O3S.ClH/c1-16-10-11-5-4-8-19(11)23(21,22)12-6-7-13-14(9-12)18(3)15(20)17(13)2;/h6-7,9,11,16H,4-5,8,10H2,1-3H3;1H. The van der Waals surface area contributed by atoms with Crippen molar-refractivity contribution in [2.75, 3.05) is 20.1 Å². The van der Waals surface area contributed by atoms with Gasteiger partial charge in [-0.05, 0) is 38.1 Å². The van der Waals surface area contributed by atoms with E-state index in [0.29, 0.717) is 18.6 Å². The molecule has 1 unspecified atom stereocenters. The highest BCUT2D eigenvalue weighted by molar-refractivity contribution is 7.89. The zero-order valence-corrected chi connectivity index (χ0v) is 15.7.